The summed E-state index contributed by atoms with van der Waals surface area (Å²) in [5.41, 5.74) is 2.20. The van der Waals surface area contributed by atoms with Crippen molar-refractivity contribution in [1.29, 1.82) is 0 Å². The minimum Gasteiger partial charge on any atom is -0.507 e. The number of carbonyl (C=O) groups excluding carboxylic acids is 1. The highest BCUT2D eigenvalue weighted by Gasteiger charge is 2.16. The highest BCUT2D eigenvalue weighted by molar-refractivity contribution is 5.98. The first kappa shape index (κ1) is 17.7. The zero-order valence-electron chi connectivity index (χ0n) is 13.4. The third-order valence-corrected chi connectivity index (χ3v) is 3.25. The second-order valence-electron chi connectivity index (χ2n) is 4.77. The number of non-ortho nitro benzene ring substituents is 1. The molecule has 9 nitrogen and oxygen atoms in total. The summed E-state index contributed by atoms with van der Waals surface area (Å²) in [6, 6.07) is 8.15. The van der Waals surface area contributed by atoms with E-state index in [9.17, 15) is 20.0 Å². The molecular weight excluding hydrogens is 330 g/mol. The normalized spacial score (nSPS) is 10.5. The molecule has 0 aliphatic rings. The zero-order chi connectivity index (χ0) is 18.4. The average molecular weight is 345 g/mol. The van der Waals surface area contributed by atoms with E-state index in [4.69, 9.17) is 9.47 Å². The molecule has 0 heterocycles. The second kappa shape index (κ2) is 7.77. The number of carbonyl (C=O) groups is 1. The molecule has 9 heteroatoms. The Bertz CT molecular complexity index is 835. The van der Waals surface area contributed by atoms with Crippen LogP contribution in [-0.2, 0) is 0 Å². The van der Waals surface area contributed by atoms with Crippen LogP contribution < -0.4 is 14.9 Å². The van der Waals surface area contributed by atoms with E-state index in [-0.39, 0.29) is 17.0 Å². The van der Waals surface area contributed by atoms with Crippen molar-refractivity contribution < 1.29 is 24.3 Å². The Balaban J connectivity index is 2.16. The molecule has 2 rings (SSSR count). The number of benzene rings is 2. The van der Waals surface area contributed by atoms with Gasteiger partial charge in [-0.2, -0.15) is 5.10 Å². The van der Waals surface area contributed by atoms with Crippen LogP contribution in [0.2, 0.25) is 0 Å². The van der Waals surface area contributed by atoms with Crippen LogP contribution in [-0.4, -0.2) is 36.4 Å². The SMILES string of the molecule is COc1ccc(/C=N\NC(=O)c2cc([N+](=O)[O-])ccc2O)c(OC)c1. The molecule has 130 valence electrons. The predicted octanol–water partition coefficient (Wildman–Crippen LogP) is 2.08. The number of hydrogen-bond donors (Lipinski definition) is 2. The first-order chi connectivity index (χ1) is 12.0. The first-order valence-corrected chi connectivity index (χ1v) is 6.99. The fraction of sp³-hybridized carbons (Fsp3) is 0.125. The lowest BCUT2D eigenvalue weighted by Crippen LogP contribution is -2.18. The first-order valence-electron chi connectivity index (χ1n) is 6.99. The van der Waals surface area contributed by atoms with E-state index in [0.29, 0.717) is 17.1 Å². The quantitative estimate of drug-likeness (QED) is 0.469. The average Bonchev–Trinajstić information content (AvgIpc) is 2.61. The summed E-state index contributed by atoms with van der Waals surface area (Å²) >= 11 is 0. The number of nitro groups is 1. The van der Waals surface area contributed by atoms with E-state index in [1.807, 2.05) is 0 Å². The van der Waals surface area contributed by atoms with Crippen LogP contribution in [0.3, 0.4) is 0 Å². The summed E-state index contributed by atoms with van der Waals surface area (Å²) in [5, 5.41) is 24.2. The van der Waals surface area contributed by atoms with Gasteiger partial charge in [0.15, 0.2) is 0 Å². The van der Waals surface area contributed by atoms with Crippen molar-refractivity contribution in [3.63, 3.8) is 0 Å². The Morgan fingerprint density at radius 1 is 1.24 bits per heavy atom. The molecule has 0 fully saturated rings. The molecule has 2 aromatic carbocycles. The van der Waals surface area contributed by atoms with Gasteiger partial charge in [-0.1, -0.05) is 0 Å². The summed E-state index contributed by atoms with van der Waals surface area (Å²) in [6.45, 7) is 0. The van der Waals surface area contributed by atoms with Gasteiger partial charge < -0.3 is 14.6 Å². The van der Waals surface area contributed by atoms with Crippen LogP contribution in [0, 0.1) is 10.1 Å². The van der Waals surface area contributed by atoms with Gasteiger partial charge in [-0.15, -0.1) is 0 Å². The number of nitro benzene ring substituents is 1. The maximum absolute atomic E-state index is 12.0. The Morgan fingerprint density at radius 2 is 2.00 bits per heavy atom. The molecule has 0 spiro atoms. The van der Waals surface area contributed by atoms with E-state index < -0.39 is 10.8 Å². The molecule has 1 amide bonds. The molecule has 0 aliphatic carbocycles. The van der Waals surface area contributed by atoms with Crippen molar-refractivity contribution in [2.24, 2.45) is 5.10 Å². The summed E-state index contributed by atoms with van der Waals surface area (Å²) in [7, 11) is 3.00. The minimum atomic E-state index is -0.787. The van der Waals surface area contributed by atoms with Gasteiger partial charge in [0.05, 0.1) is 30.9 Å². The second-order valence-corrected chi connectivity index (χ2v) is 4.77. The lowest BCUT2D eigenvalue weighted by Gasteiger charge is -2.07. The van der Waals surface area contributed by atoms with E-state index in [2.05, 4.69) is 10.5 Å². The molecule has 0 aliphatic heterocycles. The van der Waals surface area contributed by atoms with Gasteiger partial charge in [0, 0.05) is 23.8 Å². The number of methoxy groups -OCH3 is 2. The van der Waals surface area contributed by atoms with Gasteiger partial charge >= 0.3 is 0 Å². The molecule has 0 aromatic heterocycles. The summed E-state index contributed by atoms with van der Waals surface area (Å²) in [5.74, 6) is -0.0969. The third-order valence-electron chi connectivity index (χ3n) is 3.25. The smallest absolute Gasteiger partial charge is 0.275 e. The molecule has 0 atom stereocenters. The number of rotatable bonds is 6. The van der Waals surface area contributed by atoms with Crippen LogP contribution in [0.4, 0.5) is 5.69 Å². The minimum absolute atomic E-state index is 0.256. The summed E-state index contributed by atoms with van der Waals surface area (Å²) in [6.07, 6.45) is 1.34. The standard InChI is InChI=1S/C16H15N3O6/c1-24-12-5-3-10(15(8-12)25-2)9-17-18-16(21)13-7-11(19(22)23)4-6-14(13)20/h3-9,20H,1-2H3,(H,18,21)/b17-9-. The Hall–Kier alpha value is -3.62. The molecule has 0 radical (unpaired) electrons. The molecule has 25 heavy (non-hydrogen) atoms. The zero-order valence-corrected chi connectivity index (χ0v) is 13.4. The molecule has 2 aromatic rings. The predicted molar refractivity (Wildman–Crippen MR) is 89.4 cm³/mol. The third kappa shape index (κ3) is 4.22. The van der Waals surface area contributed by atoms with Crippen LogP contribution in [0.1, 0.15) is 15.9 Å². The van der Waals surface area contributed by atoms with Gasteiger partial charge in [-0.05, 0) is 18.2 Å². The highest BCUT2D eigenvalue weighted by atomic mass is 16.6. The maximum atomic E-state index is 12.0. The molecule has 2 N–H and O–H groups in total. The highest BCUT2D eigenvalue weighted by Crippen LogP contribution is 2.24. The van der Waals surface area contributed by atoms with E-state index in [0.717, 1.165) is 18.2 Å². The topological polar surface area (TPSA) is 123 Å². The van der Waals surface area contributed by atoms with Crippen molar-refractivity contribution >= 4 is 17.8 Å². The van der Waals surface area contributed by atoms with Gasteiger partial charge in [-0.25, -0.2) is 5.43 Å². The number of nitrogens with one attached hydrogen (secondary N) is 1. The number of aromatic hydroxyl groups is 1. The summed E-state index contributed by atoms with van der Waals surface area (Å²) in [4.78, 5) is 22.1. The van der Waals surface area contributed by atoms with Gasteiger partial charge in [0.25, 0.3) is 11.6 Å². The van der Waals surface area contributed by atoms with E-state index in [1.165, 1.54) is 20.4 Å². The van der Waals surface area contributed by atoms with Crippen molar-refractivity contribution in [2.45, 2.75) is 0 Å². The molecule has 0 bridgehead atoms. The number of phenols is 1. The van der Waals surface area contributed by atoms with Crippen molar-refractivity contribution in [3.05, 3.63) is 57.6 Å². The van der Waals surface area contributed by atoms with Crippen LogP contribution in [0.25, 0.3) is 0 Å². The number of hydrazone groups is 1. The maximum Gasteiger partial charge on any atom is 0.275 e. The monoisotopic (exact) mass is 345 g/mol. The lowest BCUT2D eigenvalue weighted by atomic mass is 10.1. The summed E-state index contributed by atoms with van der Waals surface area (Å²) < 4.78 is 10.3. The van der Waals surface area contributed by atoms with E-state index in [1.54, 1.807) is 18.2 Å². The molecule has 0 saturated carbocycles. The molecule has 0 unspecified atom stereocenters. The van der Waals surface area contributed by atoms with Crippen molar-refractivity contribution in [1.82, 2.24) is 5.43 Å². The van der Waals surface area contributed by atoms with Crippen molar-refractivity contribution in [3.8, 4) is 17.2 Å². The Kier molecular flexibility index (Phi) is 5.51. The van der Waals surface area contributed by atoms with E-state index >= 15 is 0 Å². The van der Waals surface area contributed by atoms with Gasteiger partial charge in [-0.3, -0.25) is 14.9 Å². The number of amides is 1. The van der Waals surface area contributed by atoms with Gasteiger partial charge in [0.2, 0.25) is 0 Å². The van der Waals surface area contributed by atoms with Crippen LogP contribution >= 0.6 is 0 Å². The Labute approximate surface area is 142 Å². The van der Waals surface area contributed by atoms with Gasteiger partial charge in [0.1, 0.15) is 17.2 Å². The number of phenolic OH excluding ortho intramolecular Hbond substituents is 1. The van der Waals surface area contributed by atoms with Crippen LogP contribution in [0.15, 0.2) is 41.5 Å². The lowest BCUT2D eigenvalue weighted by molar-refractivity contribution is -0.384. The number of ether oxygens (including phenoxy) is 2. The van der Waals surface area contributed by atoms with Crippen LogP contribution in [0.5, 0.6) is 17.2 Å². The molecule has 0 saturated heterocycles. The number of hydrogen-bond acceptors (Lipinski definition) is 7. The molecular formula is C16H15N3O6. The largest absolute Gasteiger partial charge is 0.507 e. The van der Waals surface area contributed by atoms with Crippen molar-refractivity contribution in [2.75, 3.05) is 14.2 Å². The fourth-order valence-electron chi connectivity index (χ4n) is 1.97. The fourth-order valence-corrected chi connectivity index (χ4v) is 1.97. The Morgan fingerprint density at radius 3 is 2.64 bits per heavy atom. The number of nitrogens with zero attached hydrogens (tertiary/aromatic N) is 2.